The van der Waals surface area contributed by atoms with Crippen LogP contribution in [-0.4, -0.2) is 48.3 Å². The van der Waals surface area contributed by atoms with Gasteiger partial charge in [-0.25, -0.2) is 4.79 Å². The van der Waals surface area contributed by atoms with Crippen molar-refractivity contribution in [1.29, 1.82) is 0 Å². The lowest BCUT2D eigenvalue weighted by molar-refractivity contribution is 0.0456. The van der Waals surface area contributed by atoms with Crippen LogP contribution in [0.15, 0.2) is 84.9 Å². The van der Waals surface area contributed by atoms with Gasteiger partial charge in [-0.3, -0.25) is 0 Å². The van der Waals surface area contributed by atoms with Crippen LogP contribution < -0.4 is 14.7 Å². The molecule has 4 aromatic rings. The molecule has 0 radical (unpaired) electrons. The van der Waals surface area contributed by atoms with Gasteiger partial charge in [-0.15, -0.1) is 0 Å². The normalized spacial score (nSPS) is 14.2. The molecule has 5 rings (SSSR count). The summed E-state index contributed by atoms with van der Waals surface area (Å²) in [6.07, 6.45) is -0.481. The van der Waals surface area contributed by atoms with E-state index in [1.807, 2.05) is 24.3 Å². The van der Waals surface area contributed by atoms with Crippen LogP contribution >= 0.6 is 0 Å². The summed E-state index contributed by atoms with van der Waals surface area (Å²) in [5.74, 6) is -0.277. The minimum atomic E-state index is -0.481. The second-order valence-electron chi connectivity index (χ2n) is 10.0. The van der Waals surface area contributed by atoms with Crippen molar-refractivity contribution in [3.05, 3.63) is 102 Å². The van der Waals surface area contributed by atoms with Gasteiger partial charge in [0.05, 0.1) is 11.3 Å². The molecule has 1 unspecified atom stereocenters. The lowest BCUT2D eigenvalue weighted by Crippen LogP contribution is -2.17. The molecule has 5 heteroatoms. The van der Waals surface area contributed by atoms with Crippen LogP contribution in [0.4, 0.5) is 17.1 Å². The summed E-state index contributed by atoms with van der Waals surface area (Å²) in [6, 6.07) is 28.9. The molecule has 0 saturated heterocycles. The molecule has 0 bridgehead atoms. The first-order chi connectivity index (χ1) is 17.8. The number of esters is 1. The van der Waals surface area contributed by atoms with Gasteiger partial charge in [-0.1, -0.05) is 66.7 Å². The minimum absolute atomic E-state index is 0.277. The fourth-order valence-electron chi connectivity index (χ4n) is 5.33. The molecule has 5 nitrogen and oxygen atoms in total. The Balaban J connectivity index is 1.88. The number of benzene rings is 4. The molecule has 1 aliphatic heterocycles. The fraction of sp³-hybridized carbons (Fsp3) is 0.219. The number of cyclic esters (lactones) is 1. The third kappa shape index (κ3) is 4.20. The van der Waals surface area contributed by atoms with Gasteiger partial charge < -0.3 is 19.4 Å². The van der Waals surface area contributed by atoms with E-state index in [-0.39, 0.29) is 5.97 Å². The summed E-state index contributed by atoms with van der Waals surface area (Å²) in [4.78, 5) is 19.3. The average molecular weight is 492 g/mol. The molecule has 0 aromatic heterocycles. The van der Waals surface area contributed by atoms with Gasteiger partial charge in [0.15, 0.2) is 6.10 Å². The first kappa shape index (κ1) is 24.4. The summed E-state index contributed by atoms with van der Waals surface area (Å²) in [6.45, 7) is 0. The number of carbonyl (C=O) groups is 1. The molecular formula is C32H33N3O2. The standard InChI is InChI=1S/C32H33N3O2/c1-33(2)27-17-11-9-13-21(27)22-19-20-26(31-23-14-7-8-15-24(23)32(36)37-31)29(30(22)35(5)6)25-16-10-12-18-28(25)34(3)4/h7-20,31H,1-6H3. The monoisotopic (exact) mass is 491 g/mol. The molecule has 0 fully saturated rings. The van der Waals surface area contributed by atoms with Crippen molar-refractivity contribution in [2.75, 3.05) is 57.0 Å². The molecular weight excluding hydrogens is 458 g/mol. The maximum atomic E-state index is 12.9. The smallest absolute Gasteiger partial charge is 0.339 e. The predicted molar refractivity (Wildman–Crippen MR) is 154 cm³/mol. The maximum absolute atomic E-state index is 12.9. The Bertz CT molecular complexity index is 1470. The number of para-hydroxylation sites is 2. The van der Waals surface area contributed by atoms with Crippen LogP contribution in [0.25, 0.3) is 22.3 Å². The first-order valence-corrected chi connectivity index (χ1v) is 12.5. The van der Waals surface area contributed by atoms with Gasteiger partial charge in [0.25, 0.3) is 0 Å². The Labute approximate surface area is 219 Å². The van der Waals surface area contributed by atoms with Crippen molar-refractivity contribution in [3.63, 3.8) is 0 Å². The second kappa shape index (κ2) is 9.66. The van der Waals surface area contributed by atoms with E-state index in [0.29, 0.717) is 5.56 Å². The number of carbonyl (C=O) groups excluding carboxylic acids is 1. The molecule has 0 N–H and O–H groups in total. The summed E-state index contributed by atoms with van der Waals surface area (Å²) < 4.78 is 6.04. The Kier molecular flexibility index (Phi) is 6.38. The van der Waals surface area contributed by atoms with Gasteiger partial charge >= 0.3 is 5.97 Å². The highest BCUT2D eigenvalue weighted by Gasteiger charge is 2.35. The topological polar surface area (TPSA) is 36.0 Å². The SMILES string of the molecule is CN(C)c1ccccc1-c1ccc(C2OC(=O)c3ccccc32)c(-c2ccccc2N(C)C)c1N(C)C. The Hall–Kier alpha value is -4.25. The van der Waals surface area contributed by atoms with Gasteiger partial charge in [0.1, 0.15) is 0 Å². The van der Waals surface area contributed by atoms with Crippen LogP contribution in [-0.2, 0) is 4.74 Å². The second-order valence-corrected chi connectivity index (χ2v) is 10.0. The summed E-state index contributed by atoms with van der Waals surface area (Å²) >= 11 is 0. The Morgan fingerprint density at radius 3 is 1.70 bits per heavy atom. The molecule has 0 amide bonds. The fourth-order valence-corrected chi connectivity index (χ4v) is 5.33. The van der Waals surface area contributed by atoms with Crippen molar-refractivity contribution in [2.24, 2.45) is 0 Å². The number of fused-ring (bicyclic) bond motifs is 1. The van der Waals surface area contributed by atoms with Crippen molar-refractivity contribution < 1.29 is 9.53 Å². The first-order valence-electron chi connectivity index (χ1n) is 12.5. The van der Waals surface area contributed by atoms with Crippen LogP contribution in [0, 0.1) is 0 Å². The highest BCUT2D eigenvalue weighted by Crippen LogP contribution is 2.50. The lowest BCUT2D eigenvalue weighted by atomic mass is 9.86. The highest BCUT2D eigenvalue weighted by atomic mass is 16.5. The molecule has 0 aliphatic carbocycles. The van der Waals surface area contributed by atoms with E-state index in [0.717, 1.165) is 50.4 Å². The van der Waals surface area contributed by atoms with Crippen LogP contribution in [0.5, 0.6) is 0 Å². The number of rotatable bonds is 6. The molecule has 188 valence electrons. The average Bonchev–Trinajstić information content (AvgIpc) is 3.24. The quantitative estimate of drug-likeness (QED) is 0.289. The number of hydrogen-bond acceptors (Lipinski definition) is 5. The summed E-state index contributed by atoms with van der Waals surface area (Å²) in [5.41, 5.74) is 10.3. The zero-order valence-corrected chi connectivity index (χ0v) is 22.3. The van der Waals surface area contributed by atoms with E-state index in [4.69, 9.17) is 4.74 Å². The Morgan fingerprint density at radius 1 is 0.541 bits per heavy atom. The number of hydrogen-bond donors (Lipinski definition) is 0. The molecule has 0 spiro atoms. The van der Waals surface area contributed by atoms with E-state index in [1.165, 1.54) is 0 Å². The zero-order chi connectivity index (χ0) is 26.3. The van der Waals surface area contributed by atoms with Gasteiger partial charge in [0.2, 0.25) is 0 Å². The van der Waals surface area contributed by atoms with E-state index < -0.39 is 6.10 Å². The van der Waals surface area contributed by atoms with Gasteiger partial charge in [-0.05, 0) is 18.2 Å². The van der Waals surface area contributed by atoms with Crippen molar-refractivity contribution >= 4 is 23.0 Å². The Morgan fingerprint density at radius 2 is 1.08 bits per heavy atom. The van der Waals surface area contributed by atoms with Crippen molar-refractivity contribution in [3.8, 4) is 22.3 Å². The maximum Gasteiger partial charge on any atom is 0.339 e. The lowest BCUT2D eigenvalue weighted by Gasteiger charge is -2.30. The van der Waals surface area contributed by atoms with Crippen LogP contribution in [0.2, 0.25) is 0 Å². The predicted octanol–water partition coefficient (Wildman–Crippen LogP) is 6.48. The van der Waals surface area contributed by atoms with Crippen LogP contribution in [0.1, 0.15) is 27.6 Å². The molecule has 4 aromatic carbocycles. The number of ether oxygens (including phenoxy) is 1. The molecule has 1 heterocycles. The van der Waals surface area contributed by atoms with Crippen LogP contribution in [0.3, 0.4) is 0 Å². The third-order valence-electron chi connectivity index (χ3n) is 6.96. The number of anilines is 3. The van der Waals surface area contributed by atoms with E-state index in [2.05, 4.69) is 118 Å². The molecule has 37 heavy (non-hydrogen) atoms. The van der Waals surface area contributed by atoms with Gasteiger partial charge in [0, 0.05) is 87.0 Å². The highest BCUT2D eigenvalue weighted by molar-refractivity contribution is 6.00. The van der Waals surface area contributed by atoms with E-state index in [1.54, 1.807) is 0 Å². The number of nitrogens with zero attached hydrogens (tertiary/aromatic N) is 3. The van der Waals surface area contributed by atoms with Crippen molar-refractivity contribution in [2.45, 2.75) is 6.10 Å². The third-order valence-corrected chi connectivity index (χ3v) is 6.96. The minimum Gasteiger partial charge on any atom is -0.449 e. The van der Waals surface area contributed by atoms with E-state index in [9.17, 15) is 4.79 Å². The molecule has 0 saturated carbocycles. The van der Waals surface area contributed by atoms with Crippen molar-refractivity contribution in [1.82, 2.24) is 0 Å². The molecule has 1 aliphatic rings. The van der Waals surface area contributed by atoms with E-state index >= 15 is 0 Å². The summed E-state index contributed by atoms with van der Waals surface area (Å²) in [5, 5.41) is 0. The molecule has 1 atom stereocenters. The zero-order valence-electron chi connectivity index (χ0n) is 22.3. The van der Waals surface area contributed by atoms with Gasteiger partial charge in [-0.2, -0.15) is 0 Å². The largest absolute Gasteiger partial charge is 0.449 e. The summed E-state index contributed by atoms with van der Waals surface area (Å²) in [7, 11) is 12.4.